The Morgan fingerprint density at radius 1 is 0.800 bits per heavy atom. The molecule has 2 aromatic carbocycles. The molecule has 0 spiro atoms. The summed E-state index contributed by atoms with van der Waals surface area (Å²) in [5.74, 6) is -1.22. The van der Waals surface area contributed by atoms with E-state index in [2.05, 4.69) is 25.1 Å². The summed E-state index contributed by atoms with van der Waals surface area (Å²) in [4.78, 5) is 36.8. The van der Waals surface area contributed by atoms with E-state index >= 15 is 0 Å². The smallest absolute Gasteiger partial charge is 0.472 e. The topological polar surface area (TPSA) is 133 Å². The molecule has 0 radical (unpaired) electrons. The van der Waals surface area contributed by atoms with Crippen molar-refractivity contribution in [1.29, 1.82) is 0 Å². The van der Waals surface area contributed by atoms with E-state index in [1.54, 1.807) is 13.2 Å². The average molecular weight is 569 g/mol. The number of amides is 2. The number of hydrogen-bond acceptors (Lipinski definition) is 7. The minimum absolute atomic E-state index is 0. The van der Waals surface area contributed by atoms with E-state index in [4.69, 9.17) is 9.47 Å². The second-order valence-electron chi connectivity index (χ2n) is 7.45. The van der Waals surface area contributed by atoms with Crippen LogP contribution in [0.1, 0.15) is 19.6 Å². The van der Waals surface area contributed by atoms with Crippen molar-refractivity contribution in [2.24, 2.45) is 0 Å². The van der Waals surface area contributed by atoms with Gasteiger partial charge in [-0.15, -0.1) is 0 Å². The largest absolute Gasteiger partial charge is 0.495 e. The van der Waals surface area contributed by atoms with Crippen molar-refractivity contribution in [1.82, 2.24) is 9.55 Å². The van der Waals surface area contributed by atoms with E-state index in [0.717, 1.165) is 24.2 Å². The van der Waals surface area contributed by atoms with Crippen LogP contribution in [-0.2, 0) is 9.47 Å². The standard InChI is InChI=1S/C13H11F3N2O4.C11H12N2O3.2CH4/c1-21-10-5-7-3-4-18(11(19)13(14,15)16)9(7)6-8(10)17-12(20)22-2;1-15-10-5-7-3-4-12-8(7)6-9(10)13-11(14)16-2;;/h3-6H,1-2H3,(H,17,20);3-6,12H,1-2H3,(H,13,14);2*1H4. The van der Waals surface area contributed by atoms with E-state index in [0.29, 0.717) is 21.4 Å². The summed E-state index contributed by atoms with van der Waals surface area (Å²) in [5, 5.41) is 6.27. The van der Waals surface area contributed by atoms with Crippen LogP contribution in [0.3, 0.4) is 0 Å². The molecule has 0 bridgehead atoms. The van der Waals surface area contributed by atoms with Crippen molar-refractivity contribution in [2.45, 2.75) is 21.0 Å². The van der Waals surface area contributed by atoms with Gasteiger partial charge in [-0.1, -0.05) is 14.9 Å². The lowest BCUT2D eigenvalue weighted by Crippen LogP contribution is -2.28. The first-order chi connectivity index (χ1) is 18.0. The highest BCUT2D eigenvalue weighted by Gasteiger charge is 2.40. The van der Waals surface area contributed by atoms with Gasteiger partial charge in [-0.2, -0.15) is 13.2 Å². The zero-order valence-corrected chi connectivity index (χ0v) is 20.6. The minimum Gasteiger partial charge on any atom is -0.495 e. The summed E-state index contributed by atoms with van der Waals surface area (Å²) < 4.78 is 57.3. The number of methoxy groups -OCH3 is 4. The van der Waals surface area contributed by atoms with Gasteiger partial charge < -0.3 is 23.9 Å². The highest BCUT2D eigenvalue weighted by atomic mass is 19.4. The van der Waals surface area contributed by atoms with Crippen LogP contribution in [0.4, 0.5) is 34.1 Å². The van der Waals surface area contributed by atoms with Crippen molar-refractivity contribution in [2.75, 3.05) is 39.1 Å². The molecule has 4 aromatic rings. The molecule has 40 heavy (non-hydrogen) atoms. The van der Waals surface area contributed by atoms with Crippen molar-refractivity contribution in [3.05, 3.63) is 48.8 Å². The highest BCUT2D eigenvalue weighted by molar-refractivity contribution is 5.99. The summed E-state index contributed by atoms with van der Waals surface area (Å²) >= 11 is 0. The Balaban J connectivity index is 0.000000397. The average Bonchev–Trinajstić information content (AvgIpc) is 3.52. The van der Waals surface area contributed by atoms with Crippen molar-refractivity contribution >= 4 is 51.3 Å². The maximum Gasteiger partial charge on any atom is 0.472 e. The van der Waals surface area contributed by atoms with Crippen LogP contribution in [0, 0.1) is 0 Å². The van der Waals surface area contributed by atoms with Gasteiger partial charge >= 0.3 is 24.3 Å². The normalized spacial score (nSPS) is 10.3. The molecule has 0 fully saturated rings. The Morgan fingerprint density at radius 2 is 1.32 bits per heavy atom. The molecule has 3 N–H and O–H groups in total. The number of nitrogens with one attached hydrogen (secondary N) is 3. The molecule has 0 saturated carbocycles. The molecule has 0 saturated heterocycles. The molecule has 0 aliphatic rings. The van der Waals surface area contributed by atoms with Gasteiger partial charge in [-0.3, -0.25) is 20.0 Å². The Morgan fingerprint density at radius 3 is 1.82 bits per heavy atom. The Bertz CT molecular complexity index is 1480. The van der Waals surface area contributed by atoms with Gasteiger partial charge in [0, 0.05) is 28.7 Å². The van der Waals surface area contributed by atoms with E-state index in [9.17, 15) is 27.6 Å². The van der Waals surface area contributed by atoms with Gasteiger partial charge in [0.1, 0.15) is 11.5 Å². The maximum atomic E-state index is 12.6. The number of hydrogen-bond donors (Lipinski definition) is 3. The van der Waals surface area contributed by atoms with E-state index in [-0.39, 0.29) is 31.8 Å². The maximum absolute atomic E-state index is 12.6. The second-order valence-corrected chi connectivity index (χ2v) is 7.45. The molecule has 2 amide bonds. The Hall–Kier alpha value is -4.88. The molecule has 2 aromatic heterocycles. The third kappa shape index (κ3) is 7.36. The first-order valence-electron chi connectivity index (χ1n) is 10.7. The fourth-order valence-corrected chi connectivity index (χ4v) is 3.41. The number of ether oxygens (including phenoxy) is 4. The molecule has 0 aliphatic carbocycles. The van der Waals surface area contributed by atoms with Gasteiger partial charge in [-0.05, 0) is 36.4 Å². The first-order valence-corrected chi connectivity index (χ1v) is 10.7. The van der Waals surface area contributed by atoms with Gasteiger partial charge in [0.2, 0.25) is 0 Å². The third-order valence-electron chi connectivity index (χ3n) is 5.19. The predicted octanol–water partition coefficient (Wildman–Crippen LogP) is 6.66. The summed E-state index contributed by atoms with van der Waals surface area (Å²) in [7, 11) is 5.34. The van der Waals surface area contributed by atoms with E-state index < -0.39 is 24.3 Å². The fraction of sp³-hybridized carbons (Fsp3) is 0.269. The quantitative estimate of drug-likeness (QED) is 0.251. The first kappa shape index (κ1) is 33.1. The van der Waals surface area contributed by atoms with Crippen molar-refractivity contribution < 1.29 is 46.5 Å². The van der Waals surface area contributed by atoms with Gasteiger partial charge in [-0.25, -0.2) is 9.59 Å². The number of alkyl halides is 3. The lowest BCUT2D eigenvalue weighted by Gasteiger charge is -2.12. The number of carbonyl (C=O) groups excluding carboxylic acids is 3. The van der Waals surface area contributed by atoms with Crippen molar-refractivity contribution in [3.63, 3.8) is 0 Å². The minimum atomic E-state index is -5.01. The molecule has 11 nitrogen and oxygen atoms in total. The van der Waals surface area contributed by atoms with Crippen LogP contribution in [0.5, 0.6) is 11.5 Å². The summed E-state index contributed by atoms with van der Waals surface area (Å²) in [6.07, 6.45) is -3.53. The van der Waals surface area contributed by atoms with Crippen LogP contribution in [0.15, 0.2) is 48.8 Å². The predicted molar refractivity (Wildman–Crippen MR) is 146 cm³/mol. The van der Waals surface area contributed by atoms with Crippen LogP contribution < -0.4 is 20.1 Å². The molecule has 14 heteroatoms. The second kappa shape index (κ2) is 13.8. The van der Waals surface area contributed by atoms with E-state index in [1.807, 2.05) is 18.3 Å². The molecule has 0 aliphatic heterocycles. The molecule has 2 heterocycles. The number of halogens is 3. The number of rotatable bonds is 4. The number of anilines is 2. The number of carbonyl (C=O) groups is 3. The fourth-order valence-electron chi connectivity index (χ4n) is 3.41. The number of nitrogens with zero attached hydrogens (tertiary/aromatic N) is 1. The van der Waals surface area contributed by atoms with Crippen LogP contribution in [0.2, 0.25) is 0 Å². The zero-order valence-electron chi connectivity index (χ0n) is 20.6. The number of aromatic nitrogens is 2. The number of H-pyrrole nitrogens is 1. The Kier molecular flexibility index (Phi) is 11.4. The monoisotopic (exact) mass is 568 g/mol. The number of aromatic amines is 1. The molecule has 0 unspecified atom stereocenters. The third-order valence-corrected chi connectivity index (χ3v) is 5.19. The zero-order chi connectivity index (χ0) is 28.0. The van der Waals surface area contributed by atoms with Gasteiger partial charge in [0.15, 0.2) is 0 Å². The molecular formula is C26H31F3N4O7. The molecule has 4 rings (SSSR count). The molecule has 218 valence electrons. The summed E-state index contributed by atoms with van der Waals surface area (Å²) in [6, 6.07) is 9.51. The SMILES string of the molecule is C.C.COC(=O)Nc1cc2[nH]ccc2cc1OC.COC(=O)Nc1cc2c(ccn2C(=O)C(F)(F)F)cc1OC. The molecular weight excluding hydrogens is 537 g/mol. The van der Waals surface area contributed by atoms with Crippen LogP contribution >= 0.6 is 0 Å². The molecule has 0 atom stereocenters. The van der Waals surface area contributed by atoms with Crippen LogP contribution in [0.25, 0.3) is 21.8 Å². The summed E-state index contributed by atoms with van der Waals surface area (Å²) in [5.41, 5.74) is 1.56. The van der Waals surface area contributed by atoms with Crippen LogP contribution in [-0.4, -0.2) is 62.3 Å². The number of fused-ring (bicyclic) bond motifs is 2. The van der Waals surface area contributed by atoms with E-state index in [1.165, 1.54) is 32.4 Å². The van der Waals surface area contributed by atoms with Gasteiger partial charge in [0.25, 0.3) is 0 Å². The number of benzene rings is 2. The van der Waals surface area contributed by atoms with Gasteiger partial charge in [0.05, 0.1) is 45.3 Å². The lowest BCUT2D eigenvalue weighted by molar-refractivity contribution is -0.0942. The van der Waals surface area contributed by atoms with Crippen molar-refractivity contribution in [3.8, 4) is 11.5 Å². The lowest BCUT2D eigenvalue weighted by atomic mass is 10.2. The summed E-state index contributed by atoms with van der Waals surface area (Å²) in [6.45, 7) is 0. The Labute approximate surface area is 228 Å². The highest BCUT2D eigenvalue weighted by Crippen LogP contribution is 2.33.